The Morgan fingerprint density at radius 3 is 2.12 bits per heavy atom. The topological polar surface area (TPSA) is 231 Å². The van der Waals surface area contributed by atoms with E-state index in [1.165, 1.54) is 0 Å². The van der Waals surface area contributed by atoms with Crippen LogP contribution in [0.25, 0.3) is 22.3 Å². The van der Waals surface area contributed by atoms with Crippen molar-refractivity contribution >= 4 is 11.0 Å². The van der Waals surface area contributed by atoms with Crippen LogP contribution >= 0.6 is 0 Å². The van der Waals surface area contributed by atoms with Gasteiger partial charge in [-0.2, -0.15) is 0 Å². The lowest BCUT2D eigenvalue weighted by Crippen LogP contribution is -2.60. The van der Waals surface area contributed by atoms with Gasteiger partial charge >= 0.3 is 0 Å². The molecule has 13 heteroatoms. The fourth-order valence-corrected chi connectivity index (χ4v) is 3.58. The molecule has 4 rings (SSSR count). The highest BCUT2D eigenvalue weighted by Crippen LogP contribution is 2.43. The lowest BCUT2D eigenvalue weighted by Gasteiger charge is -2.39. The van der Waals surface area contributed by atoms with E-state index in [-0.39, 0.29) is 11.1 Å². The van der Waals surface area contributed by atoms with Gasteiger partial charge in [0.2, 0.25) is 17.5 Å². The number of benzene rings is 2. The van der Waals surface area contributed by atoms with E-state index in [1.54, 1.807) is 0 Å². The minimum atomic E-state index is -1.91. The first-order valence-corrected chi connectivity index (χ1v) is 9.78. The molecule has 5 atom stereocenters. The Morgan fingerprint density at radius 2 is 1.50 bits per heavy atom. The van der Waals surface area contributed by atoms with E-state index in [1.807, 2.05) is 0 Å². The van der Waals surface area contributed by atoms with Crippen LogP contribution in [0.15, 0.2) is 33.5 Å². The first kappa shape index (κ1) is 23.4. The van der Waals surface area contributed by atoms with Crippen molar-refractivity contribution in [2.24, 2.45) is 0 Å². The first-order chi connectivity index (χ1) is 16.0. The summed E-state index contributed by atoms with van der Waals surface area (Å²) in [4.78, 5) is 13.3. The zero-order valence-corrected chi connectivity index (χ0v) is 17.1. The maximum atomic E-state index is 13.3. The molecule has 0 aliphatic carbocycles. The van der Waals surface area contributed by atoms with Crippen LogP contribution in [0, 0.1) is 0 Å². The number of aromatic hydroxyl groups is 5. The molecular formula is C21H20O13. The molecule has 0 bridgehead atoms. The van der Waals surface area contributed by atoms with Gasteiger partial charge in [-0.1, -0.05) is 0 Å². The smallest absolute Gasteiger partial charge is 0.239 e. The maximum Gasteiger partial charge on any atom is 0.239 e. The predicted molar refractivity (Wildman–Crippen MR) is 111 cm³/mol. The number of hydrogen-bond acceptors (Lipinski definition) is 13. The number of rotatable bonds is 4. The minimum Gasteiger partial charge on any atom is -0.508 e. The zero-order chi connectivity index (χ0) is 24.9. The third-order valence-electron chi connectivity index (χ3n) is 5.33. The number of phenolic OH excluding ortho intramolecular Hbond substituents is 5. The number of aliphatic hydroxyl groups is 4. The van der Waals surface area contributed by atoms with Crippen molar-refractivity contribution in [2.45, 2.75) is 30.7 Å². The van der Waals surface area contributed by atoms with Gasteiger partial charge in [0.1, 0.15) is 46.9 Å². The monoisotopic (exact) mass is 480 g/mol. The number of fused-ring (bicyclic) bond motifs is 1. The lowest BCUT2D eigenvalue weighted by molar-refractivity contribution is -0.277. The fraction of sp³-hybridized carbons (Fsp3) is 0.286. The van der Waals surface area contributed by atoms with Crippen LogP contribution in [-0.4, -0.2) is 83.3 Å². The summed E-state index contributed by atoms with van der Waals surface area (Å²) < 4.78 is 16.3. The van der Waals surface area contributed by atoms with Crippen molar-refractivity contribution in [2.75, 3.05) is 6.61 Å². The molecule has 1 saturated heterocycles. The molecule has 13 nitrogen and oxygen atoms in total. The van der Waals surface area contributed by atoms with Gasteiger partial charge in [-0.05, 0) is 12.1 Å². The number of hydrogen-bond donors (Lipinski definition) is 9. The van der Waals surface area contributed by atoms with E-state index in [4.69, 9.17) is 13.9 Å². The molecule has 0 amide bonds. The number of phenols is 5. The summed E-state index contributed by atoms with van der Waals surface area (Å²) in [6.07, 6.45) is -8.64. The SMILES string of the molecule is O=c1c(O[C@@H]2O[C@H](CO)[C@@H](O)[C@H](O)[C@H]2O)c(-c2cc(O)c(O)c(O)c2)oc2cc(O)cc(O)c12. The molecule has 0 spiro atoms. The van der Waals surface area contributed by atoms with Gasteiger partial charge in [-0.15, -0.1) is 0 Å². The Morgan fingerprint density at radius 1 is 0.853 bits per heavy atom. The van der Waals surface area contributed by atoms with Gasteiger partial charge in [0, 0.05) is 17.7 Å². The average Bonchev–Trinajstić information content (AvgIpc) is 2.78. The molecule has 2 heterocycles. The van der Waals surface area contributed by atoms with Crippen LogP contribution in [0.4, 0.5) is 0 Å². The second-order valence-corrected chi connectivity index (χ2v) is 7.61. The maximum absolute atomic E-state index is 13.3. The molecule has 1 aliphatic rings. The largest absolute Gasteiger partial charge is 0.508 e. The fourth-order valence-electron chi connectivity index (χ4n) is 3.58. The molecule has 182 valence electrons. The van der Waals surface area contributed by atoms with Gasteiger partial charge in [0.25, 0.3) is 0 Å². The van der Waals surface area contributed by atoms with Crippen molar-refractivity contribution in [1.82, 2.24) is 0 Å². The third-order valence-corrected chi connectivity index (χ3v) is 5.33. The highest BCUT2D eigenvalue weighted by Gasteiger charge is 2.45. The van der Waals surface area contributed by atoms with E-state index >= 15 is 0 Å². The van der Waals surface area contributed by atoms with Gasteiger partial charge in [-0.3, -0.25) is 4.79 Å². The van der Waals surface area contributed by atoms with Crippen LogP contribution in [0.2, 0.25) is 0 Å². The van der Waals surface area contributed by atoms with E-state index in [0.29, 0.717) is 0 Å². The summed E-state index contributed by atoms with van der Waals surface area (Å²) in [6, 6.07) is 3.66. The average molecular weight is 480 g/mol. The third kappa shape index (κ3) is 3.81. The van der Waals surface area contributed by atoms with Crippen LogP contribution < -0.4 is 10.2 Å². The lowest BCUT2D eigenvalue weighted by atomic mass is 9.99. The van der Waals surface area contributed by atoms with Gasteiger partial charge in [0.15, 0.2) is 23.0 Å². The highest BCUT2D eigenvalue weighted by atomic mass is 16.7. The summed E-state index contributed by atoms with van der Waals surface area (Å²) in [6.45, 7) is -0.774. The Kier molecular flexibility index (Phi) is 5.89. The molecule has 0 unspecified atom stereocenters. The van der Waals surface area contributed by atoms with Crippen LogP contribution in [0.3, 0.4) is 0 Å². The molecular weight excluding hydrogens is 460 g/mol. The van der Waals surface area contributed by atoms with E-state index < -0.39 is 88.4 Å². The van der Waals surface area contributed by atoms with Crippen LogP contribution in [0.5, 0.6) is 34.5 Å². The predicted octanol–water partition coefficient (Wildman–Crippen LogP) is -0.833. The van der Waals surface area contributed by atoms with Gasteiger partial charge < -0.3 is 59.8 Å². The van der Waals surface area contributed by atoms with Crippen molar-refractivity contribution in [3.63, 3.8) is 0 Å². The summed E-state index contributed by atoms with van der Waals surface area (Å²) in [5.41, 5.74) is -1.59. The number of ether oxygens (including phenoxy) is 2. The second-order valence-electron chi connectivity index (χ2n) is 7.61. The van der Waals surface area contributed by atoms with Gasteiger partial charge in [0.05, 0.1) is 6.61 Å². The number of aliphatic hydroxyl groups excluding tert-OH is 4. The normalized spacial score (nSPS) is 24.9. The molecule has 1 aliphatic heterocycles. The molecule has 9 N–H and O–H groups in total. The molecule has 3 aromatic rings. The van der Waals surface area contributed by atoms with Crippen molar-refractivity contribution < 1.29 is 59.8 Å². The van der Waals surface area contributed by atoms with Crippen LogP contribution in [0.1, 0.15) is 0 Å². The molecule has 1 fully saturated rings. The summed E-state index contributed by atoms with van der Waals surface area (Å²) in [5.74, 6) is -4.83. The van der Waals surface area contributed by atoms with Crippen molar-refractivity contribution in [3.8, 4) is 45.8 Å². The Hall–Kier alpha value is -3.75. The van der Waals surface area contributed by atoms with E-state index in [9.17, 15) is 50.8 Å². The first-order valence-electron chi connectivity index (χ1n) is 9.78. The minimum absolute atomic E-state index is 0.214. The Labute approximate surface area is 189 Å². The zero-order valence-electron chi connectivity index (χ0n) is 17.1. The summed E-state index contributed by atoms with van der Waals surface area (Å²) in [7, 11) is 0. The Bertz CT molecular complexity index is 1280. The van der Waals surface area contributed by atoms with Crippen molar-refractivity contribution in [3.05, 3.63) is 34.5 Å². The van der Waals surface area contributed by atoms with Crippen molar-refractivity contribution in [1.29, 1.82) is 0 Å². The van der Waals surface area contributed by atoms with E-state index in [2.05, 4.69) is 0 Å². The molecule has 1 aromatic heterocycles. The second kappa shape index (κ2) is 8.55. The van der Waals surface area contributed by atoms with Gasteiger partial charge in [-0.25, -0.2) is 0 Å². The quantitative estimate of drug-likeness (QED) is 0.208. The molecule has 0 radical (unpaired) electrons. The molecule has 34 heavy (non-hydrogen) atoms. The molecule has 2 aromatic carbocycles. The molecule has 0 saturated carbocycles. The van der Waals surface area contributed by atoms with Crippen LogP contribution in [-0.2, 0) is 4.74 Å². The summed E-state index contributed by atoms with van der Waals surface area (Å²) >= 11 is 0. The summed E-state index contributed by atoms with van der Waals surface area (Å²) in [5, 5.41) is 88.6. The standard InChI is InChI=1S/C21H20O13/c22-5-12-15(28)17(30)18(31)21(33-12)34-20-16(29)13-8(24)3-7(23)4-11(13)32-19(20)6-1-9(25)14(27)10(26)2-6/h1-4,12,15,17-18,21-28,30-31H,5H2/t12-,15-,17+,18-,21+/m1/s1. The van der Waals surface area contributed by atoms with E-state index in [0.717, 1.165) is 24.3 Å². The Balaban J connectivity index is 1.94. The highest BCUT2D eigenvalue weighted by molar-refractivity contribution is 5.88.